The summed E-state index contributed by atoms with van der Waals surface area (Å²) in [6.07, 6.45) is -15.5. The van der Waals surface area contributed by atoms with Crippen molar-refractivity contribution in [2.45, 2.75) is 38.7 Å². The largest absolute Gasteiger partial charge is 0.461 e. The van der Waals surface area contributed by atoms with Crippen molar-refractivity contribution < 1.29 is 49.8 Å². The third kappa shape index (κ3) is 9.24. The summed E-state index contributed by atoms with van der Waals surface area (Å²) >= 11 is 0. The molecule has 3 aromatic rings. The van der Waals surface area contributed by atoms with Gasteiger partial charge in [0.05, 0.1) is 6.54 Å². The Labute approximate surface area is 219 Å². The first kappa shape index (κ1) is 31.5. The van der Waals surface area contributed by atoms with E-state index in [-0.39, 0.29) is 23.6 Å². The maximum absolute atomic E-state index is 13.4. The summed E-state index contributed by atoms with van der Waals surface area (Å²) < 4.78 is 103. The van der Waals surface area contributed by atoms with Crippen molar-refractivity contribution in [3.05, 3.63) is 95.3 Å². The maximum Gasteiger partial charge on any atom is 0.461 e. The molecule has 0 heterocycles. The Morgan fingerprint density at radius 1 is 0.923 bits per heavy atom. The molecule has 0 aliphatic carbocycles. The average Bonchev–Trinajstić information content (AvgIpc) is 2.88. The van der Waals surface area contributed by atoms with Crippen molar-refractivity contribution in [2.24, 2.45) is 0 Å². The van der Waals surface area contributed by atoms with Gasteiger partial charge in [-0.25, -0.2) is 4.39 Å². The molecular formula is C27H25F8NO3. The molecule has 0 saturated carbocycles. The maximum atomic E-state index is 13.4. The fourth-order valence-electron chi connectivity index (χ4n) is 3.22. The molecule has 3 rings (SSSR count). The van der Waals surface area contributed by atoms with E-state index in [4.69, 9.17) is 0 Å². The first-order valence-corrected chi connectivity index (χ1v) is 11.5. The standard InChI is InChI=1S/C19H19F4NO2.C8H6F4O/c1-3-24(11-17(25)19(21,22)23)15-6-4-5-13(10-15)18(26)14-7-8-16(20)12(2)9-14;9-7(10)8(11,12)13-6-4-2-1-3-5-6/h4-10,17,25H,3,11H2,1-2H3;1-5,7H. The summed E-state index contributed by atoms with van der Waals surface area (Å²) in [5.74, 6) is -1.07. The molecule has 212 valence electrons. The second-order valence-electron chi connectivity index (χ2n) is 8.22. The minimum Gasteiger partial charge on any atom is -0.428 e. The van der Waals surface area contributed by atoms with E-state index in [9.17, 15) is 45.0 Å². The van der Waals surface area contributed by atoms with Gasteiger partial charge in [-0.15, -0.1) is 0 Å². The summed E-state index contributed by atoms with van der Waals surface area (Å²) in [7, 11) is 0. The Morgan fingerprint density at radius 2 is 1.54 bits per heavy atom. The van der Waals surface area contributed by atoms with E-state index in [1.54, 1.807) is 38.1 Å². The first-order chi connectivity index (χ1) is 18.2. The number of ketones is 1. The minimum absolute atomic E-state index is 0.223. The third-order valence-corrected chi connectivity index (χ3v) is 5.30. The molecule has 39 heavy (non-hydrogen) atoms. The van der Waals surface area contributed by atoms with Gasteiger partial charge < -0.3 is 14.7 Å². The highest BCUT2D eigenvalue weighted by atomic mass is 19.4. The number of aliphatic hydroxyl groups is 1. The highest BCUT2D eigenvalue weighted by Crippen LogP contribution is 2.27. The number of rotatable bonds is 9. The molecule has 0 spiro atoms. The van der Waals surface area contributed by atoms with Gasteiger partial charge >= 0.3 is 18.7 Å². The zero-order valence-electron chi connectivity index (χ0n) is 20.7. The number of halogens is 8. The lowest BCUT2D eigenvalue weighted by Gasteiger charge is -2.27. The predicted molar refractivity (Wildman–Crippen MR) is 129 cm³/mol. The molecule has 1 atom stereocenters. The van der Waals surface area contributed by atoms with Crippen molar-refractivity contribution in [1.82, 2.24) is 0 Å². The second-order valence-corrected chi connectivity index (χ2v) is 8.22. The van der Waals surface area contributed by atoms with E-state index in [2.05, 4.69) is 4.74 Å². The van der Waals surface area contributed by atoms with Gasteiger partial charge in [0, 0.05) is 23.4 Å². The smallest absolute Gasteiger partial charge is 0.428 e. The fourth-order valence-corrected chi connectivity index (χ4v) is 3.22. The van der Waals surface area contributed by atoms with E-state index < -0.39 is 37.2 Å². The molecular weight excluding hydrogens is 538 g/mol. The lowest BCUT2D eigenvalue weighted by Crippen LogP contribution is -2.41. The average molecular weight is 563 g/mol. The molecule has 0 aliphatic heterocycles. The van der Waals surface area contributed by atoms with E-state index >= 15 is 0 Å². The lowest BCUT2D eigenvalue weighted by molar-refractivity contribution is -0.253. The van der Waals surface area contributed by atoms with Crippen LogP contribution in [0.2, 0.25) is 0 Å². The van der Waals surface area contributed by atoms with Gasteiger partial charge in [-0.2, -0.15) is 30.7 Å². The molecule has 4 nitrogen and oxygen atoms in total. The Balaban J connectivity index is 0.000000344. The zero-order valence-corrected chi connectivity index (χ0v) is 20.7. The first-order valence-electron chi connectivity index (χ1n) is 11.5. The quantitative estimate of drug-likeness (QED) is 0.224. The number of hydrogen-bond acceptors (Lipinski definition) is 4. The number of aliphatic hydroxyl groups excluding tert-OH is 1. The zero-order chi connectivity index (χ0) is 29.4. The third-order valence-electron chi connectivity index (χ3n) is 5.30. The summed E-state index contributed by atoms with van der Waals surface area (Å²) in [5.41, 5.74) is 1.28. The van der Waals surface area contributed by atoms with Crippen LogP contribution in [0.4, 0.5) is 40.8 Å². The van der Waals surface area contributed by atoms with E-state index in [1.165, 1.54) is 53.4 Å². The Hall–Kier alpha value is -3.67. The Morgan fingerprint density at radius 3 is 2.08 bits per heavy atom. The SMILES string of the molecule is CCN(CC(O)C(F)(F)F)c1cccc(C(=O)c2ccc(F)c(C)c2)c1.FC(F)C(F)(F)Oc1ccccc1. The number of carbonyl (C=O) groups is 1. The molecule has 12 heteroatoms. The highest BCUT2D eigenvalue weighted by molar-refractivity contribution is 6.09. The van der Waals surface area contributed by atoms with E-state index in [0.717, 1.165) is 0 Å². The van der Waals surface area contributed by atoms with Crippen LogP contribution in [0.1, 0.15) is 28.4 Å². The normalized spacial score (nSPS) is 12.4. The fraction of sp³-hybridized carbons (Fsp3) is 0.296. The number of nitrogens with zero attached hydrogens (tertiary/aromatic N) is 1. The molecule has 0 aromatic heterocycles. The minimum atomic E-state index is -4.72. The Kier molecular flexibility index (Phi) is 10.8. The molecule has 0 amide bonds. The van der Waals surface area contributed by atoms with Crippen LogP contribution in [0.15, 0.2) is 72.8 Å². The van der Waals surface area contributed by atoms with Crippen LogP contribution in [0, 0.1) is 12.7 Å². The molecule has 3 aromatic carbocycles. The van der Waals surface area contributed by atoms with Gasteiger partial charge in [-0.05, 0) is 61.9 Å². The number of hydrogen-bond donors (Lipinski definition) is 1. The molecule has 0 radical (unpaired) electrons. The molecule has 0 saturated heterocycles. The second kappa shape index (κ2) is 13.4. The number of anilines is 1. The summed E-state index contributed by atoms with van der Waals surface area (Å²) in [4.78, 5) is 13.9. The topological polar surface area (TPSA) is 49.8 Å². The van der Waals surface area contributed by atoms with E-state index in [1.807, 2.05) is 0 Å². The summed E-state index contributed by atoms with van der Waals surface area (Å²) in [6.45, 7) is 2.79. The molecule has 0 aliphatic rings. The summed E-state index contributed by atoms with van der Waals surface area (Å²) in [5, 5.41) is 9.29. The van der Waals surface area contributed by atoms with Crippen molar-refractivity contribution in [3.8, 4) is 5.75 Å². The number of ether oxygens (including phenoxy) is 1. The van der Waals surface area contributed by atoms with E-state index in [0.29, 0.717) is 16.8 Å². The van der Waals surface area contributed by atoms with Crippen molar-refractivity contribution in [1.29, 1.82) is 0 Å². The number of carbonyl (C=O) groups excluding carboxylic acids is 1. The number of alkyl halides is 7. The van der Waals surface area contributed by atoms with Gasteiger partial charge in [0.2, 0.25) is 0 Å². The lowest BCUT2D eigenvalue weighted by atomic mass is 10.0. The highest BCUT2D eigenvalue weighted by Gasteiger charge is 2.44. The van der Waals surface area contributed by atoms with Crippen LogP contribution in [-0.4, -0.2) is 48.8 Å². The molecule has 1 unspecified atom stereocenters. The van der Waals surface area contributed by atoms with Crippen LogP contribution < -0.4 is 9.64 Å². The van der Waals surface area contributed by atoms with Gasteiger partial charge in [0.25, 0.3) is 0 Å². The number of para-hydroxylation sites is 1. The number of benzene rings is 3. The summed E-state index contributed by atoms with van der Waals surface area (Å²) in [6, 6.07) is 16.9. The van der Waals surface area contributed by atoms with Crippen LogP contribution in [0.3, 0.4) is 0 Å². The van der Waals surface area contributed by atoms with Crippen molar-refractivity contribution in [2.75, 3.05) is 18.0 Å². The van der Waals surface area contributed by atoms with Crippen LogP contribution in [0.25, 0.3) is 0 Å². The number of aryl methyl sites for hydroxylation is 1. The van der Waals surface area contributed by atoms with Crippen LogP contribution >= 0.6 is 0 Å². The monoisotopic (exact) mass is 563 g/mol. The van der Waals surface area contributed by atoms with Crippen molar-refractivity contribution >= 4 is 11.5 Å². The van der Waals surface area contributed by atoms with Gasteiger partial charge in [0.15, 0.2) is 11.9 Å². The molecule has 1 N–H and O–H groups in total. The van der Waals surface area contributed by atoms with Gasteiger partial charge in [-0.3, -0.25) is 4.79 Å². The number of likely N-dealkylation sites (N-methyl/N-ethyl adjacent to an activating group) is 1. The Bertz CT molecular complexity index is 1220. The van der Waals surface area contributed by atoms with Gasteiger partial charge in [-0.1, -0.05) is 30.3 Å². The van der Waals surface area contributed by atoms with Crippen molar-refractivity contribution in [3.63, 3.8) is 0 Å². The van der Waals surface area contributed by atoms with Crippen LogP contribution in [-0.2, 0) is 0 Å². The molecule has 0 fully saturated rings. The van der Waals surface area contributed by atoms with Crippen LogP contribution in [0.5, 0.6) is 5.75 Å². The molecule has 0 bridgehead atoms. The predicted octanol–water partition coefficient (Wildman–Crippen LogP) is 7.04. The van der Waals surface area contributed by atoms with Gasteiger partial charge in [0.1, 0.15) is 11.6 Å².